The van der Waals surface area contributed by atoms with Crippen LogP contribution in [0.25, 0.3) is 0 Å². The minimum Gasteiger partial charge on any atom is -0.478 e. The molecule has 0 amide bonds. The molecule has 1 rings (SSSR count). The van der Waals surface area contributed by atoms with Crippen LogP contribution >= 0.6 is 15.9 Å². The zero-order chi connectivity index (χ0) is 15.1. The average molecular weight is 343 g/mol. The molecular formula is C15H23BrN2O2. The van der Waals surface area contributed by atoms with Crippen LogP contribution in [0.5, 0.6) is 0 Å². The predicted octanol–water partition coefficient (Wildman–Crippen LogP) is 2.97. The van der Waals surface area contributed by atoms with Gasteiger partial charge in [0, 0.05) is 17.1 Å². The molecule has 0 radical (unpaired) electrons. The Balaban J connectivity index is 2.34. The zero-order valence-electron chi connectivity index (χ0n) is 12.3. The highest BCUT2D eigenvalue weighted by Gasteiger charge is 2.06. The summed E-state index contributed by atoms with van der Waals surface area (Å²) in [5.74, 6) is -0.901. The van der Waals surface area contributed by atoms with Crippen LogP contribution in [0.15, 0.2) is 22.7 Å². The second kappa shape index (κ2) is 8.39. The van der Waals surface area contributed by atoms with E-state index in [-0.39, 0.29) is 0 Å². The molecule has 0 saturated heterocycles. The number of aromatic carboxylic acids is 1. The summed E-state index contributed by atoms with van der Waals surface area (Å²) in [5, 5.41) is 12.3. The third-order valence-electron chi connectivity index (χ3n) is 3.36. The Kier molecular flexibility index (Phi) is 7.19. The standard InChI is InChI=1S/C15H23BrN2O2/c1-11(2)18(3)8-4-7-17-10-13-6-5-12(15(19)20)9-14(13)16/h5-6,9,11,17H,4,7-8,10H2,1-3H3,(H,19,20). The van der Waals surface area contributed by atoms with Crippen LogP contribution in [-0.4, -0.2) is 42.2 Å². The van der Waals surface area contributed by atoms with Crippen LogP contribution in [0.2, 0.25) is 0 Å². The van der Waals surface area contributed by atoms with Crippen molar-refractivity contribution in [3.05, 3.63) is 33.8 Å². The minimum absolute atomic E-state index is 0.305. The Morgan fingerprint density at radius 2 is 2.15 bits per heavy atom. The molecule has 0 aliphatic rings. The monoisotopic (exact) mass is 342 g/mol. The summed E-state index contributed by atoms with van der Waals surface area (Å²) >= 11 is 3.42. The number of benzene rings is 1. The van der Waals surface area contributed by atoms with E-state index >= 15 is 0 Å². The molecule has 4 nitrogen and oxygen atoms in total. The van der Waals surface area contributed by atoms with E-state index in [1.807, 2.05) is 6.07 Å². The molecule has 0 fully saturated rings. The summed E-state index contributed by atoms with van der Waals surface area (Å²) in [6.45, 7) is 7.14. The Hall–Kier alpha value is -0.910. The highest BCUT2D eigenvalue weighted by molar-refractivity contribution is 9.10. The molecular weight excluding hydrogens is 320 g/mol. The lowest BCUT2D eigenvalue weighted by Gasteiger charge is -2.20. The van der Waals surface area contributed by atoms with Gasteiger partial charge in [0.25, 0.3) is 0 Å². The lowest BCUT2D eigenvalue weighted by atomic mass is 10.1. The van der Waals surface area contributed by atoms with E-state index in [1.165, 1.54) is 0 Å². The van der Waals surface area contributed by atoms with Gasteiger partial charge in [0.1, 0.15) is 0 Å². The van der Waals surface area contributed by atoms with Crippen LogP contribution in [0.1, 0.15) is 36.2 Å². The van der Waals surface area contributed by atoms with Crippen molar-refractivity contribution in [1.82, 2.24) is 10.2 Å². The van der Waals surface area contributed by atoms with Crippen LogP contribution in [0.3, 0.4) is 0 Å². The van der Waals surface area contributed by atoms with E-state index in [1.54, 1.807) is 12.1 Å². The Bertz CT molecular complexity index is 449. The van der Waals surface area contributed by atoms with Crippen molar-refractivity contribution in [2.75, 3.05) is 20.1 Å². The van der Waals surface area contributed by atoms with Gasteiger partial charge in [-0.15, -0.1) is 0 Å². The quantitative estimate of drug-likeness (QED) is 0.713. The summed E-state index contributed by atoms with van der Waals surface area (Å²) in [6, 6.07) is 5.70. The normalized spacial score (nSPS) is 11.3. The van der Waals surface area contributed by atoms with Gasteiger partial charge in [-0.1, -0.05) is 22.0 Å². The van der Waals surface area contributed by atoms with E-state index < -0.39 is 5.97 Å². The summed E-state index contributed by atoms with van der Waals surface area (Å²) in [6.07, 6.45) is 1.10. The molecule has 0 unspecified atom stereocenters. The predicted molar refractivity (Wildman–Crippen MR) is 85.2 cm³/mol. The minimum atomic E-state index is -0.901. The Morgan fingerprint density at radius 3 is 2.70 bits per heavy atom. The summed E-state index contributed by atoms with van der Waals surface area (Å²) < 4.78 is 0.837. The van der Waals surface area contributed by atoms with E-state index in [0.717, 1.165) is 36.1 Å². The van der Waals surface area contributed by atoms with Crippen LogP contribution in [0, 0.1) is 0 Å². The number of carboxylic acids is 1. The second-order valence-corrected chi connectivity index (χ2v) is 6.07. The first-order chi connectivity index (χ1) is 9.41. The number of hydrogen-bond donors (Lipinski definition) is 2. The summed E-state index contributed by atoms with van der Waals surface area (Å²) in [7, 11) is 2.13. The number of hydrogen-bond acceptors (Lipinski definition) is 3. The van der Waals surface area contributed by atoms with Crippen LogP contribution < -0.4 is 5.32 Å². The fraction of sp³-hybridized carbons (Fsp3) is 0.533. The van der Waals surface area contributed by atoms with Crippen molar-refractivity contribution in [3.8, 4) is 0 Å². The SMILES string of the molecule is CC(C)N(C)CCCNCc1ccc(C(=O)O)cc1Br. The maximum absolute atomic E-state index is 10.8. The van der Waals surface area contributed by atoms with E-state index in [0.29, 0.717) is 11.6 Å². The molecule has 1 aromatic rings. The fourth-order valence-corrected chi connectivity index (χ4v) is 2.28. The third kappa shape index (κ3) is 5.61. The van der Waals surface area contributed by atoms with Crippen molar-refractivity contribution >= 4 is 21.9 Å². The maximum Gasteiger partial charge on any atom is 0.335 e. The lowest BCUT2D eigenvalue weighted by Crippen LogP contribution is -2.29. The third-order valence-corrected chi connectivity index (χ3v) is 4.10. The molecule has 0 aliphatic carbocycles. The largest absolute Gasteiger partial charge is 0.478 e. The Morgan fingerprint density at radius 1 is 1.45 bits per heavy atom. The number of carboxylic acid groups (broad SMARTS) is 1. The summed E-state index contributed by atoms with van der Waals surface area (Å²) in [4.78, 5) is 13.2. The highest BCUT2D eigenvalue weighted by Crippen LogP contribution is 2.18. The molecule has 0 bridgehead atoms. The first-order valence-electron chi connectivity index (χ1n) is 6.84. The van der Waals surface area contributed by atoms with Crippen molar-refractivity contribution < 1.29 is 9.90 Å². The number of nitrogens with one attached hydrogen (secondary N) is 1. The number of rotatable bonds is 8. The van der Waals surface area contributed by atoms with Crippen molar-refractivity contribution in [2.24, 2.45) is 0 Å². The second-order valence-electron chi connectivity index (χ2n) is 5.22. The molecule has 112 valence electrons. The molecule has 0 heterocycles. The highest BCUT2D eigenvalue weighted by atomic mass is 79.9. The molecule has 1 aromatic carbocycles. The smallest absolute Gasteiger partial charge is 0.335 e. The molecule has 20 heavy (non-hydrogen) atoms. The zero-order valence-corrected chi connectivity index (χ0v) is 13.9. The van der Waals surface area contributed by atoms with E-state index in [9.17, 15) is 4.79 Å². The molecule has 0 spiro atoms. The van der Waals surface area contributed by atoms with Gasteiger partial charge in [-0.05, 0) is 58.1 Å². The van der Waals surface area contributed by atoms with Crippen LogP contribution in [-0.2, 0) is 6.54 Å². The number of carbonyl (C=O) groups is 1. The van der Waals surface area contributed by atoms with Gasteiger partial charge in [0.05, 0.1) is 5.56 Å². The van der Waals surface area contributed by atoms with E-state index in [4.69, 9.17) is 5.11 Å². The fourth-order valence-electron chi connectivity index (χ4n) is 1.76. The molecule has 0 aliphatic heterocycles. The Labute approximate surface area is 129 Å². The first-order valence-corrected chi connectivity index (χ1v) is 7.63. The molecule has 0 aromatic heterocycles. The van der Waals surface area contributed by atoms with Gasteiger partial charge in [-0.2, -0.15) is 0 Å². The van der Waals surface area contributed by atoms with Gasteiger partial charge in [-0.3, -0.25) is 0 Å². The van der Waals surface area contributed by atoms with Crippen molar-refractivity contribution in [2.45, 2.75) is 32.9 Å². The van der Waals surface area contributed by atoms with Gasteiger partial charge in [-0.25, -0.2) is 4.79 Å². The average Bonchev–Trinajstić information content (AvgIpc) is 2.39. The topological polar surface area (TPSA) is 52.6 Å². The molecule has 2 N–H and O–H groups in total. The van der Waals surface area contributed by atoms with Gasteiger partial charge in [0.15, 0.2) is 0 Å². The molecule has 0 saturated carbocycles. The van der Waals surface area contributed by atoms with Crippen molar-refractivity contribution in [1.29, 1.82) is 0 Å². The summed E-state index contributed by atoms with van der Waals surface area (Å²) in [5.41, 5.74) is 1.38. The number of halogens is 1. The van der Waals surface area contributed by atoms with Gasteiger partial charge < -0.3 is 15.3 Å². The van der Waals surface area contributed by atoms with Crippen molar-refractivity contribution in [3.63, 3.8) is 0 Å². The van der Waals surface area contributed by atoms with Crippen LogP contribution in [0.4, 0.5) is 0 Å². The number of nitrogens with zero attached hydrogens (tertiary/aromatic N) is 1. The van der Waals surface area contributed by atoms with E-state index in [2.05, 4.69) is 47.0 Å². The first kappa shape index (κ1) is 17.1. The lowest BCUT2D eigenvalue weighted by molar-refractivity contribution is 0.0697. The van der Waals surface area contributed by atoms with Gasteiger partial charge in [0.2, 0.25) is 0 Å². The molecule has 0 atom stereocenters. The maximum atomic E-state index is 10.8. The van der Waals surface area contributed by atoms with Gasteiger partial charge >= 0.3 is 5.97 Å². The molecule has 5 heteroatoms.